The van der Waals surface area contributed by atoms with E-state index in [1.807, 2.05) is 0 Å². The van der Waals surface area contributed by atoms with Crippen LogP contribution in [0, 0.1) is 5.92 Å². The lowest BCUT2D eigenvalue weighted by molar-refractivity contribution is 0.0696. The summed E-state index contributed by atoms with van der Waals surface area (Å²) in [5.41, 5.74) is 0.226. The molecule has 2 aliphatic rings. The van der Waals surface area contributed by atoms with Gasteiger partial charge in [-0.05, 0) is 25.2 Å². The van der Waals surface area contributed by atoms with E-state index in [2.05, 4.69) is 14.9 Å². The Labute approximate surface area is 106 Å². The van der Waals surface area contributed by atoms with Crippen LogP contribution >= 0.6 is 0 Å². The molecule has 0 amide bonds. The molecule has 5 heteroatoms. The van der Waals surface area contributed by atoms with E-state index in [0.29, 0.717) is 11.9 Å². The van der Waals surface area contributed by atoms with Gasteiger partial charge in [-0.1, -0.05) is 12.8 Å². The summed E-state index contributed by atoms with van der Waals surface area (Å²) in [7, 11) is 0. The highest BCUT2D eigenvalue weighted by Crippen LogP contribution is 2.38. The Bertz CT molecular complexity index is 463. The summed E-state index contributed by atoms with van der Waals surface area (Å²) in [6.45, 7) is 0.923. The third kappa shape index (κ3) is 1.83. The van der Waals surface area contributed by atoms with Gasteiger partial charge in [-0.25, -0.2) is 14.8 Å². The number of carboxylic acids is 1. The quantitative estimate of drug-likeness (QED) is 0.865. The van der Waals surface area contributed by atoms with Crippen LogP contribution in [-0.4, -0.2) is 33.6 Å². The molecule has 1 saturated heterocycles. The van der Waals surface area contributed by atoms with Crippen molar-refractivity contribution in [3.63, 3.8) is 0 Å². The van der Waals surface area contributed by atoms with E-state index < -0.39 is 5.97 Å². The van der Waals surface area contributed by atoms with E-state index in [9.17, 15) is 9.90 Å². The molecule has 0 spiro atoms. The smallest absolute Gasteiger partial charge is 0.341 e. The minimum absolute atomic E-state index is 0.226. The highest BCUT2D eigenvalue weighted by Gasteiger charge is 2.37. The van der Waals surface area contributed by atoms with Gasteiger partial charge in [-0.3, -0.25) is 0 Å². The van der Waals surface area contributed by atoms with Crippen molar-refractivity contribution in [2.75, 3.05) is 11.4 Å². The summed E-state index contributed by atoms with van der Waals surface area (Å²) in [5, 5.41) is 9.22. The van der Waals surface area contributed by atoms with Crippen LogP contribution in [0.4, 0.5) is 5.82 Å². The first kappa shape index (κ1) is 11.4. The van der Waals surface area contributed by atoms with Crippen LogP contribution in [0.15, 0.2) is 12.5 Å². The fourth-order valence-corrected chi connectivity index (χ4v) is 3.37. The topological polar surface area (TPSA) is 66.3 Å². The molecule has 1 saturated carbocycles. The van der Waals surface area contributed by atoms with Gasteiger partial charge in [-0.2, -0.15) is 0 Å². The molecule has 1 N–H and O–H groups in total. The molecule has 0 bridgehead atoms. The molecule has 2 fully saturated rings. The zero-order valence-corrected chi connectivity index (χ0v) is 10.2. The molecule has 2 unspecified atom stereocenters. The van der Waals surface area contributed by atoms with Gasteiger partial charge in [0.1, 0.15) is 17.7 Å². The van der Waals surface area contributed by atoms with Crippen molar-refractivity contribution in [3.05, 3.63) is 18.1 Å². The van der Waals surface area contributed by atoms with Crippen LogP contribution in [-0.2, 0) is 0 Å². The maximum Gasteiger partial charge on any atom is 0.341 e. The summed E-state index contributed by atoms with van der Waals surface area (Å²) in [4.78, 5) is 21.5. The fraction of sp³-hybridized carbons (Fsp3) is 0.615. The van der Waals surface area contributed by atoms with Crippen LogP contribution in [0.25, 0.3) is 0 Å². The van der Waals surface area contributed by atoms with Gasteiger partial charge >= 0.3 is 5.97 Å². The second kappa shape index (κ2) is 4.55. The van der Waals surface area contributed by atoms with Gasteiger partial charge < -0.3 is 10.0 Å². The molecule has 5 nitrogen and oxygen atoms in total. The first-order chi connectivity index (χ1) is 8.77. The zero-order valence-electron chi connectivity index (χ0n) is 10.2. The summed E-state index contributed by atoms with van der Waals surface area (Å²) in [5.74, 6) is 0.382. The molecule has 1 aromatic rings. The lowest BCUT2D eigenvalue weighted by Gasteiger charge is -2.32. The van der Waals surface area contributed by atoms with Crippen molar-refractivity contribution in [2.24, 2.45) is 5.92 Å². The highest BCUT2D eigenvalue weighted by molar-refractivity contribution is 5.93. The number of hydrogen-bond acceptors (Lipinski definition) is 4. The Balaban J connectivity index is 1.93. The maximum atomic E-state index is 11.2. The summed E-state index contributed by atoms with van der Waals surface area (Å²) < 4.78 is 0. The number of carbonyl (C=O) groups is 1. The number of fused-ring (bicyclic) bond motifs is 1. The molecule has 2 atom stereocenters. The van der Waals surface area contributed by atoms with E-state index in [0.717, 1.165) is 25.3 Å². The van der Waals surface area contributed by atoms with Gasteiger partial charge in [0.25, 0.3) is 0 Å². The Morgan fingerprint density at radius 3 is 3.00 bits per heavy atom. The zero-order chi connectivity index (χ0) is 12.5. The average Bonchev–Trinajstić information content (AvgIpc) is 2.82. The van der Waals surface area contributed by atoms with Gasteiger partial charge in [0.2, 0.25) is 0 Å². The monoisotopic (exact) mass is 247 g/mol. The minimum atomic E-state index is -0.940. The van der Waals surface area contributed by atoms with Gasteiger partial charge in [0.15, 0.2) is 0 Å². The summed E-state index contributed by atoms with van der Waals surface area (Å²) in [6, 6.07) is 0.478. The van der Waals surface area contributed by atoms with E-state index in [1.54, 1.807) is 0 Å². The third-order valence-electron chi connectivity index (χ3n) is 4.20. The molecule has 96 valence electrons. The molecule has 1 aromatic heterocycles. The maximum absolute atomic E-state index is 11.2. The molecule has 18 heavy (non-hydrogen) atoms. The first-order valence-electron chi connectivity index (χ1n) is 6.57. The summed E-state index contributed by atoms with van der Waals surface area (Å²) >= 11 is 0. The fourth-order valence-electron chi connectivity index (χ4n) is 3.37. The van der Waals surface area contributed by atoms with Crippen LogP contribution in [0.1, 0.15) is 42.5 Å². The second-order valence-corrected chi connectivity index (χ2v) is 5.16. The summed E-state index contributed by atoms with van der Waals surface area (Å²) in [6.07, 6.45) is 8.99. The van der Waals surface area contributed by atoms with Crippen molar-refractivity contribution >= 4 is 11.8 Å². The molecule has 1 aliphatic carbocycles. The number of aromatic nitrogens is 2. The van der Waals surface area contributed by atoms with E-state index in [1.165, 1.54) is 31.8 Å². The van der Waals surface area contributed by atoms with E-state index in [-0.39, 0.29) is 5.56 Å². The molecular weight excluding hydrogens is 230 g/mol. The number of aromatic carboxylic acids is 1. The molecular formula is C13H17N3O2. The second-order valence-electron chi connectivity index (χ2n) is 5.16. The number of nitrogens with zero attached hydrogens (tertiary/aromatic N) is 3. The number of rotatable bonds is 2. The molecule has 0 aromatic carbocycles. The van der Waals surface area contributed by atoms with Crippen molar-refractivity contribution in [2.45, 2.75) is 38.1 Å². The van der Waals surface area contributed by atoms with Crippen molar-refractivity contribution in [3.8, 4) is 0 Å². The molecule has 3 rings (SSSR count). The molecule has 2 heterocycles. The number of carboxylic acid groups (broad SMARTS) is 1. The Kier molecular flexibility index (Phi) is 2.89. The predicted molar refractivity (Wildman–Crippen MR) is 66.7 cm³/mol. The highest BCUT2D eigenvalue weighted by atomic mass is 16.4. The van der Waals surface area contributed by atoms with Crippen molar-refractivity contribution < 1.29 is 9.90 Å². The number of hydrogen-bond donors (Lipinski definition) is 1. The van der Waals surface area contributed by atoms with Crippen LogP contribution in [0.5, 0.6) is 0 Å². The average molecular weight is 247 g/mol. The molecule has 1 aliphatic heterocycles. The van der Waals surface area contributed by atoms with Gasteiger partial charge in [0.05, 0.1) is 0 Å². The standard InChI is InChI=1S/C13H17N3O2/c17-13(18)10-7-14-8-15-12(10)16-6-5-9-3-1-2-4-11(9)16/h7-9,11H,1-6H2,(H,17,18). The lowest BCUT2D eigenvalue weighted by atomic mass is 9.85. The third-order valence-corrected chi connectivity index (χ3v) is 4.20. The normalized spacial score (nSPS) is 27.0. The van der Waals surface area contributed by atoms with E-state index >= 15 is 0 Å². The molecule has 0 radical (unpaired) electrons. The van der Waals surface area contributed by atoms with Crippen molar-refractivity contribution in [1.29, 1.82) is 0 Å². The SMILES string of the molecule is O=C(O)c1cncnc1N1CCC2CCCCC21. The van der Waals surface area contributed by atoms with Crippen LogP contribution in [0.2, 0.25) is 0 Å². The minimum Gasteiger partial charge on any atom is -0.477 e. The predicted octanol–water partition coefficient (Wildman–Crippen LogP) is 1.94. The lowest BCUT2D eigenvalue weighted by Crippen LogP contribution is -2.36. The van der Waals surface area contributed by atoms with E-state index in [4.69, 9.17) is 0 Å². The van der Waals surface area contributed by atoms with Crippen LogP contribution < -0.4 is 4.90 Å². The van der Waals surface area contributed by atoms with Gasteiger partial charge in [-0.15, -0.1) is 0 Å². The Morgan fingerprint density at radius 1 is 1.33 bits per heavy atom. The van der Waals surface area contributed by atoms with Gasteiger partial charge in [0, 0.05) is 18.8 Å². The largest absolute Gasteiger partial charge is 0.477 e. The van der Waals surface area contributed by atoms with Crippen molar-refractivity contribution in [1.82, 2.24) is 9.97 Å². The Morgan fingerprint density at radius 2 is 2.17 bits per heavy atom. The first-order valence-corrected chi connectivity index (χ1v) is 6.57. The van der Waals surface area contributed by atoms with Crippen LogP contribution in [0.3, 0.4) is 0 Å². The number of anilines is 1. The Hall–Kier alpha value is -1.65.